The van der Waals surface area contributed by atoms with E-state index in [1.807, 2.05) is 73.3 Å². The van der Waals surface area contributed by atoms with E-state index < -0.39 is 0 Å². The zero-order valence-electron chi connectivity index (χ0n) is 24.9. The van der Waals surface area contributed by atoms with E-state index in [-0.39, 0.29) is 11.9 Å². The Balaban J connectivity index is 1.20. The average Bonchev–Trinajstić information content (AvgIpc) is 3.13. The molecule has 2 aliphatic rings. The van der Waals surface area contributed by atoms with Crippen LogP contribution in [0.15, 0.2) is 61.1 Å². The minimum absolute atomic E-state index is 0.00862. The second kappa shape index (κ2) is 12.2. The number of anilines is 3. The number of aryl methyl sites for hydroxylation is 2. The first-order chi connectivity index (χ1) is 20.9. The molecule has 11 heteroatoms. The van der Waals surface area contributed by atoms with Crippen molar-refractivity contribution in [1.82, 2.24) is 29.7 Å². The van der Waals surface area contributed by atoms with Gasteiger partial charge < -0.3 is 29.5 Å². The van der Waals surface area contributed by atoms with Crippen molar-refractivity contribution in [3.63, 3.8) is 0 Å². The summed E-state index contributed by atoms with van der Waals surface area (Å²) in [6.07, 6.45) is 7.71. The Hall–Kier alpha value is -4.77. The number of benzene rings is 1. The number of likely N-dealkylation sites (N-methyl/N-ethyl adjacent to an activating group) is 1. The van der Waals surface area contributed by atoms with Crippen molar-refractivity contribution in [2.45, 2.75) is 26.3 Å². The van der Waals surface area contributed by atoms with E-state index >= 15 is 0 Å². The third-order valence-corrected chi connectivity index (χ3v) is 7.61. The molecule has 222 valence electrons. The third kappa shape index (κ3) is 6.21. The summed E-state index contributed by atoms with van der Waals surface area (Å²) >= 11 is 0. The molecule has 1 aromatic carbocycles. The number of hydrogen-bond acceptors (Lipinski definition) is 10. The molecule has 0 spiro atoms. The van der Waals surface area contributed by atoms with Gasteiger partial charge in [-0.15, -0.1) is 0 Å². The van der Waals surface area contributed by atoms with E-state index in [1.165, 1.54) is 6.33 Å². The predicted octanol–water partition coefficient (Wildman–Crippen LogP) is 4.35. The number of aromatic nitrogens is 4. The van der Waals surface area contributed by atoms with Crippen LogP contribution < -0.4 is 19.7 Å². The number of ether oxygens (including phenoxy) is 2. The van der Waals surface area contributed by atoms with Gasteiger partial charge in [-0.2, -0.15) is 0 Å². The average molecular weight is 581 g/mol. The highest BCUT2D eigenvalue weighted by atomic mass is 16.5. The molecule has 2 aliphatic heterocycles. The molecule has 0 radical (unpaired) electrons. The second-order valence-corrected chi connectivity index (χ2v) is 11.1. The molecule has 1 saturated heterocycles. The summed E-state index contributed by atoms with van der Waals surface area (Å²) < 4.78 is 12.3. The quantitative estimate of drug-likeness (QED) is 0.302. The molecule has 2 bridgehead atoms. The molecule has 1 N–H and O–H groups in total. The zero-order chi connectivity index (χ0) is 29.9. The van der Waals surface area contributed by atoms with Gasteiger partial charge in [0, 0.05) is 49.7 Å². The van der Waals surface area contributed by atoms with Crippen LogP contribution in [0.1, 0.15) is 18.2 Å². The Morgan fingerprint density at radius 3 is 2.81 bits per heavy atom. The number of nitrogens with one attached hydrogen (secondary N) is 1. The van der Waals surface area contributed by atoms with Gasteiger partial charge in [0.2, 0.25) is 5.91 Å². The maximum absolute atomic E-state index is 12.9. The van der Waals surface area contributed by atoms with Crippen molar-refractivity contribution in [2.24, 2.45) is 0 Å². The lowest BCUT2D eigenvalue weighted by Crippen LogP contribution is -2.56. The van der Waals surface area contributed by atoms with E-state index in [9.17, 15) is 4.79 Å². The summed E-state index contributed by atoms with van der Waals surface area (Å²) in [5, 5.41) is 3.42. The topological polar surface area (TPSA) is 109 Å². The third-order valence-electron chi connectivity index (χ3n) is 7.61. The Bertz CT molecular complexity index is 1660. The SMILES string of the molecule is CCc1ccc(Oc2ccc(Nc3ncnc4cc5c(nc34)N3CCN(C(=O)/C=C/CN(C)C)C(CO5)C3)cc2C)cn1. The van der Waals surface area contributed by atoms with Crippen LogP contribution in [0.25, 0.3) is 11.0 Å². The molecule has 1 atom stereocenters. The number of carbonyl (C=O) groups is 1. The maximum Gasteiger partial charge on any atom is 0.246 e. The lowest BCUT2D eigenvalue weighted by atomic mass is 10.1. The lowest BCUT2D eigenvalue weighted by Gasteiger charge is -2.39. The molecule has 4 aromatic rings. The molecule has 6 rings (SSSR count). The first-order valence-electron chi connectivity index (χ1n) is 14.5. The van der Waals surface area contributed by atoms with E-state index in [0.717, 1.165) is 41.5 Å². The van der Waals surface area contributed by atoms with Gasteiger partial charge in [-0.25, -0.2) is 15.0 Å². The maximum atomic E-state index is 12.9. The Morgan fingerprint density at radius 2 is 2.05 bits per heavy atom. The van der Waals surface area contributed by atoms with Crippen LogP contribution in [0.3, 0.4) is 0 Å². The number of nitrogens with zero attached hydrogens (tertiary/aromatic N) is 7. The van der Waals surface area contributed by atoms with E-state index in [4.69, 9.17) is 14.5 Å². The van der Waals surface area contributed by atoms with Crippen molar-refractivity contribution in [3.05, 3.63) is 72.3 Å². The second-order valence-electron chi connectivity index (χ2n) is 11.1. The van der Waals surface area contributed by atoms with Gasteiger partial charge in [0.05, 0.1) is 17.8 Å². The van der Waals surface area contributed by atoms with Gasteiger partial charge in [0.25, 0.3) is 0 Å². The van der Waals surface area contributed by atoms with Crippen molar-refractivity contribution >= 4 is 34.3 Å². The van der Waals surface area contributed by atoms with Gasteiger partial charge in [-0.05, 0) is 63.3 Å². The minimum Gasteiger partial charge on any atom is -0.487 e. The minimum atomic E-state index is -0.0738. The Labute approximate surface area is 251 Å². The summed E-state index contributed by atoms with van der Waals surface area (Å²) in [6.45, 7) is 7.09. The van der Waals surface area contributed by atoms with Crippen LogP contribution in [-0.2, 0) is 11.2 Å². The van der Waals surface area contributed by atoms with Crippen molar-refractivity contribution in [2.75, 3.05) is 57.1 Å². The first-order valence-corrected chi connectivity index (χ1v) is 14.5. The summed E-state index contributed by atoms with van der Waals surface area (Å²) in [7, 11) is 3.95. The van der Waals surface area contributed by atoms with Crippen LogP contribution in [0.2, 0.25) is 0 Å². The van der Waals surface area contributed by atoms with E-state index in [2.05, 4.69) is 32.1 Å². The van der Waals surface area contributed by atoms with Gasteiger partial charge in [0.15, 0.2) is 17.4 Å². The number of amides is 1. The van der Waals surface area contributed by atoms with Crippen LogP contribution in [0, 0.1) is 6.92 Å². The highest BCUT2D eigenvalue weighted by Gasteiger charge is 2.35. The van der Waals surface area contributed by atoms with Gasteiger partial charge in [0.1, 0.15) is 29.9 Å². The Kier molecular flexibility index (Phi) is 8.06. The molecule has 0 saturated carbocycles. The standard InChI is InChI=1S/C32H36N8O3/c1-5-22-8-10-25(17-33-22)43-27-11-9-23(15-21(27)2)36-31-30-26(34-20-35-31)16-28-32(37-30)39-13-14-40(24(18-39)19-42-28)29(41)7-6-12-38(3)4/h6-11,15-17,20,24H,5,12-14,18-19H2,1-4H3,(H,34,35,36)/b7-6+. The highest BCUT2D eigenvalue weighted by Crippen LogP contribution is 2.36. The molecular weight excluding hydrogens is 544 g/mol. The Morgan fingerprint density at radius 1 is 1.16 bits per heavy atom. The number of pyridine rings is 2. The summed E-state index contributed by atoms with van der Waals surface area (Å²) in [6, 6.07) is 11.6. The fraction of sp³-hybridized carbons (Fsp3) is 0.344. The smallest absolute Gasteiger partial charge is 0.246 e. The predicted molar refractivity (Wildman–Crippen MR) is 166 cm³/mol. The number of piperazine rings is 1. The van der Waals surface area contributed by atoms with Crippen LogP contribution in [0.5, 0.6) is 17.2 Å². The molecule has 0 aliphatic carbocycles. The number of rotatable bonds is 8. The van der Waals surface area contributed by atoms with Gasteiger partial charge >= 0.3 is 0 Å². The molecule has 3 aromatic heterocycles. The number of carbonyl (C=O) groups excluding carboxylic acids is 1. The fourth-order valence-corrected chi connectivity index (χ4v) is 5.29. The normalized spacial score (nSPS) is 16.3. The summed E-state index contributed by atoms with van der Waals surface area (Å²) in [4.78, 5) is 37.4. The molecule has 11 nitrogen and oxygen atoms in total. The van der Waals surface area contributed by atoms with Gasteiger partial charge in [-0.3, -0.25) is 9.78 Å². The van der Waals surface area contributed by atoms with Crippen LogP contribution in [0.4, 0.5) is 17.3 Å². The number of fused-ring (bicyclic) bond motifs is 5. The summed E-state index contributed by atoms with van der Waals surface area (Å²) in [5.74, 6) is 3.46. The van der Waals surface area contributed by atoms with Crippen LogP contribution in [-0.4, -0.2) is 88.6 Å². The molecule has 1 fully saturated rings. The van der Waals surface area contributed by atoms with Gasteiger partial charge in [-0.1, -0.05) is 13.0 Å². The molecule has 43 heavy (non-hydrogen) atoms. The van der Waals surface area contributed by atoms with Crippen LogP contribution >= 0.6 is 0 Å². The van der Waals surface area contributed by atoms with E-state index in [1.54, 1.807) is 12.3 Å². The van der Waals surface area contributed by atoms with Crippen molar-refractivity contribution in [1.29, 1.82) is 0 Å². The monoisotopic (exact) mass is 580 g/mol. The first kappa shape index (κ1) is 28.4. The van der Waals surface area contributed by atoms with E-state index in [0.29, 0.717) is 54.6 Å². The fourth-order valence-electron chi connectivity index (χ4n) is 5.29. The lowest BCUT2D eigenvalue weighted by molar-refractivity contribution is -0.129. The molecule has 1 unspecified atom stereocenters. The highest BCUT2D eigenvalue weighted by molar-refractivity contribution is 5.90. The number of hydrogen-bond donors (Lipinski definition) is 1. The largest absolute Gasteiger partial charge is 0.487 e. The summed E-state index contributed by atoms with van der Waals surface area (Å²) in [5.41, 5.74) is 4.17. The van der Waals surface area contributed by atoms with Crippen molar-refractivity contribution in [3.8, 4) is 17.2 Å². The zero-order valence-corrected chi connectivity index (χ0v) is 24.9. The molecular formula is C32H36N8O3. The molecule has 5 heterocycles. The molecule has 1 amide bonds. The van der Waals surface area contributed by atoms with Crippen molar-refractivity contribution < 1.29 is 14.3 Å².